The van der Waals surface area contributed by atoms with Gasteiger partial charge in [0.15, 0.2) is 0 Å². The molecule has 0 radical (unpaired) electrons. The highest BCUT2D eigenvalue weighted by Gasteiger charge is 2.20. The Kier molecular flexibility index (Phi) is 4.18. The number of nitrogens with zero attached hydrogens (tertiary/aromatic N) is 1. The maximum atomic E-state index is 13.3. The second-order valence-electron chi connectivity index (χ2n) is 6.77. The van der Waals surface area contributed by atoms with Gasteiger partial charge in [-0.3, -0.25) is 4.79 Å². The number of fused-ring (bicyclic) bond motifs is 1. The molecule has 4 aromatic rings. The first kappa shape index (κ1) is 16.3. The Labute approximate surface area is 153 Å². The van der Waals surface area contributed by atoms with Crippen LogP contribution in [0, 0.1) is 0 Å². The summed E-state index contributed by atoms with van der Waals surface area (Å²) in [5.41, 5.74) is 4.34. The van der Waals surface area contributed by atoms with Crippen LogP contribution in [0.4, 0.5) is 0 Å². The smallest absolute Gasteiger partial charge is 0.259 e. The molecule has 0 N–H and O–H groups in total. The van der Waals surface area contributed by atoms with Crippen LogP contribution in [0.5, 0.6) is 0 Å². The molecular formula is C24H21NO. The lowest BCUT2D eigenvalue weighted by Gasteiger charge is -2.23. The van der Waals surface area contributed by atoms with Crippen molar-refractivity contribution in [1.82, 2.24) is 4.57 Å². The van der Waals surface area contributed by atoms with E-state index in [-0.39, 0.29) is 11.6 Å². The van der Waals surface area contributed by atoms with Crippen LogP contribution in [0.1, 0.15) is 19.9 Å². The lowest BCUT2D eigenvalue weighted by atomic mass is 9.93. The van der Waals surface area contributed by atoms with E-state index in [9.17, 15) is 4.79 Å². The third-order valence-corrected chi connectivity index (χ3v) is 4.75. The van der Waals surface area contributed by atoms with Crippen LogP contribution in [0.15, 0.2) is 89.7 Å². The molecule has 0 fully saturated rings. The lowest BCUT2D eigenvalue weighted by molar-refractivity contribution is 0.590. The van der Waals surface area contributed by atoms with E-state index in [1.165, 1.54) is 0 Å². The number of pyridine rings is 1. The topological polar surface area (TPSA) is 22.0 Å². The maximum absolute atomic E-state index is 13.3. The zero-order valence-corrected chi connectivity index (χ0v) is 15.0. The van der Waals surface area contributed by atoms with Crippen molar-refractivity contribution in [2.45, 2.75) is 19.9 Å². The van der Waals surface area contributed by atoms with E-state index < -0.39 is 0 Å². The van der Waals surface area contributed by atoms with Gasteiger partial charge in [-0.05, 0) is 36.4 Å². The first-order valence-electron chi connectivity index (χ1n) is 8.96. The zero-order chi connectivity index (χ0) is 18.1. The number of hydrogen-bond donors (Lipinski definition) is 0. The highest BCUT2D eigenvalue weighted by atomic mass is 16.1. The highest BCUT2D eigenvalue weighted by molar-refractivity contribution is 6.02. The van der Waals surface area contributed by atoms with E-state index in [1.54, 1.807) is 0 Å². The third-order valence-electron chi connectivity index (χ3n) is 4.75. The van der Waals surface area contributed by atoms with Gasteiger partial charge >= 0.3 is 0 Å². The predicted molar refractivity (Wildman–Crippen MR) is 109 cm³/mol. The molecule has 0 aliphatic heterocycles. The molecule has 0 saturated heterocycles. The summed E-state index contributed by atoms with van der Waals surface area (Å²) in [6.07, 6.45) is 0. The van der Waals surface area contributed by atoms with Crippen LogP contribution in [0.3, 0.4) is 0 Å². The summed E-state index contributed by atoms with van der Waals surface area (Å²) in [6, 6.07) is 28.5. The van der Waals surface area contributed by atoms with Gasteiger partial charge < -0.3 is 4.57 Å². The van der Waals surface area contributed by atoms with Crippen molar-refractivity contribution in [1.29, 1.82) is 0 Å². The predicted octanol–water partition coefficient (Wildman–Crippen LogP) is 5.92. The molecule has 1 aromatic heterocycles. The van der Waals surface area contributed by atoms with E-state index in [0.717, 1.165) is 33.2 Å². The second-order valence-corrected chi connectivity index (χ2v) is 6.77. The van der Waals surface area contributed by atoms with Gasteiger partial charge in [-0.15, -0.1) is 0 Å². The molecule has 2 nitrogen and oxygen atoms in total. The summed E-state index contributed by atoms with van der Waals surface area (Å²) >= 11 is 0. The zero-order valence-electron chi connectivity index (χ0n) is 15.0. The van der Waals surface area contributed by atoms with Crippen LogP contribution in [-0.2, 0) is 0 Å². The molecule has 0 atom stereocenters. The molecule has 1 heterocycles. The Morgan fingerprint density at radius 3 is 1.73 bits per heavy atom. The molecule has 0 spiro atoms. The van der Waals surface area contributed by atoms with Crippen LogP contribution in [0.2, 0.25) is 0 Å². The first-order chi connectivity index (χ1) is 12.7. The Bertz CT molecular complexity index is 1110. The number of benzene rings is 3. The summed E-state index contributed by atoms with van der Waals surface area (Å²) in [4.78, 5) is 13.3. The van der Waals surface area contributed by atoms with Crippen molar-refractivity contribution < 1.29 is 0 Å². The van der Waals surface area contributed by atoms with Crippen LogP contribution in [-0.4, -0.2) is 4.57 Å². The fourth-order valence-corrected chi connectivity index (χ4v) is 3.64. The van der Waals surface area contributed by atoms with Gasteiger partial charge in [-0.1, -0.05) is 78.9 Å². The Hall–Kier alpha value is -3.13. The van der Waals surface area contributed by atoms with Gasteiger partial charge in [0.05, 0.1) is 5.69 Å². The van der Waals surface area contributed by atoms with Crippen LogP contribution >= 0.6 is 0 Å². The number of hydrogen-bond acceptors (Lipinski definition) is 1. The minimum atomic E-state index is 0.0600. The standard InChI is InChI=1S/C24H21NO/c1-17(2)25-23(19-13-7-4-8-14-19)22(18-11-5-3-6-12-18)20-15-9-10-16-21(20)24(25)26/h3-17H,1-2H3. The SMILES string of the molecule is CC(C)n1c(-c2ccccc2)c(-c2ccccc2)c2ccccc2c1=O. The maximum Gasteiger partial charge on any atom is 0.259 e. The van der Waals surface area contributed by atoms with Crippen molar-refractivity contribution in [3.05, 3.63) is 95.3 Å². The lowest BCUT2D eigenvalue weighted by Crippen LogP contribution is -2.24. The minimum Gasteiger partial charge on any atom is -0.305 e. The van der Waals surface area contributed by atoms with E-state index >= 15 is 0 Å². The molecule has 0 amide bonds. The highest BCUT2D eigenvalue weighted by Crippen LogP contribution is 2.37. The second kappa shape index (κ2) is 6.64. The summed E-state index contributed by atoms with van der Waals surface area (Å²) in [6.45, 7) is 4.13. The molecule has 0 aliphatic rings. The molecule has 128 valence electrons. The van der Waals surface area contributed by atoms with Gasteiger partial charge in [-0.2, -0.15) is 0 Å². The Balaban J connectivity index is 2.26. The van der Waals surface area contributed by atoms with Gasteiger partial charge in [0.2, 0.25) is 0 Å². The van der Waals surface area contributed by atoms with Crippen molar-refractivity contribution >= 4 is 10.8 Å². The molecular weight excluding hydrogens is 318 g/mol. The average molecular weight is 339 g/mol. The van der Waals surface area contributed by atoms with Crippen LogP contribution < -0.4 is 5.56 Å². The minimum absolute atomic E-state index is 0.0600. The fraction of sp³-hybridized carbons (Fsp3) is 0.125. The first-order valence-corrected chi connectivity index (χ1v) is 8.96. The Morgan fingerprint density at radius 2 is 1.15 bits per heavy atom. The molecule has 26 heavy (non-hydrogen) atoms. The van der Waals surface area contributed by atoms with Gasteiger partial charge in [-0.25, -0.2) is 0 Å². The van der Waals surface area contributed by atoms with Crippen molar-refractivity contribution in [2.24, 2.45) is 0 Å². The molecule has 2 heteroatoms. The molecule has 4 rings (SSSR count). The summed E-state index contributed by atoms with van der Waals surface area (Å²) in [5, 5.41) is 1.76. The normalized spacial score (nSPS) is 11.2. The van der Waals surface area contributed by atoms with E-state index in [0.29, 0.717) is 0 Å². The molecule has 0 saturated carbocycles. The monoisotopic (exact) mass is 339 g/mol. The largest absolute Gasteiger partial charge is 0.305 e. The summed E-state index contributed by atoms with van der Waals surface area (Å²) in [7, 11) is 0. The Morgan fingerprint density at radius 1 is 0.654 bits per heavy atom. The van der Waals surface area contributed by atoms with Crippen molar-refractivity contribution in [2.75, 3.05) is 0 Å². The number of rotatable bonds is 3. The third kappa shape index (κ3) is 2.64. The van der Waals surface area contributed by atoms with E-state index in [4.69, 9.17) is 0 Å². The average Bonchev–Trinajstić information content (AvgIpc) is 2.69. The van der Waals surface area contributed by atoms with E-state index in [1.807, 2.05) is 59.2 Å². The van der Waals surface area contributed by atoms with Crippen LogP contribution in [0.25, 0.3) is 33.2 Å². The fourth-order valence-electron chi connectivity index (χ4n) is 3.64. The molecule has 0 bridgehead atoms. The molecule has 0 aliphatic carbocycles. The van der Waals surface area contributed by atoms with Crippen molar-refractivity contribution in [3.63, 3.8) is 0 Å². The van der Waals surface area contributed by atoms with Gasteiger partial charge in [0.1, 0.15) is 0 Å². The van der Waals surface area contributed by atoms with Gasteiger partial charge in [0.25, 0.3) is 5.56 Å². The molecule has 3 aromatic carbocycles. The molecule has 0 unspecified atom stereocenters. The summed E-state index contributed by atoms with van der Waals surface area (Å²) < 4.78 is 1.93. The number of aromatic nitrogens is 1. The van der Waals surface area contributed by atoms with Gasteiger partial charge in [0, 0.05) is 17.0 Å². The van der Waals surface area contributed by atoms with Crippen molar-refractivity contribution in [3.8, 4) is 22.4 Å². The summed E-state index contributed by atoms with van der Waals surface area (Å²) in [5.74, 6) is 0. The van der Waals surface area contributed by atoms with E-state index in [2.05, 4.69) is 44.2 Å². The quantitative estimate of drug-likeness (QED) is 0.454.